The summed E-state index contributed by atoms with van der Waals surface area (Å²) in [6.07, 6.45) is 0. The fraction of sp³-hybridized carbons (Fsp3) is 0.0400. The fourth-order valence-corrected chi connectivity index (χ4v) is 12.4. The molecule has 1 aliphatic carbocycles. The molecule has 0 bridgehead atoms. The molecule has 4 heteroatoms. The molecule has 376 valence electrons. The molecule has 13 aromatic rings. The Kier molecular flexibility index (Phi) is 11.6. The van der Waals surface area contributed by atoms with Crippen LogP contribution in [-0.2, 0) is 5.41 Å². The van der Waals surface area contributed by atoms with Gasteiger partial charge in [-0.25, -0.2) is 8.78 Å². The molecule has 0 aliphatic heterocycles. The monoisotopic (exact) mass is 1020 g/mol. The summed E-state index contributed by atoms with van der Waals surface area (Å²) in [5.74, 6) is -0.639. The van der Waals surface area contributed by atoms with Crippen molar-refractivity contribution in [3.05, 3.63) is 302 Å². The molecule has 1 aliphatic rings. The van der Waals surface area contributed by atoms with Gasteiger partial charge in [0, 0.05) is 39.0 Å². The first-order valence-corrected chi connectivity index (χ1v) is 27.0. The molecular formula is C75H52F2N2. The largest absolute Gasteiger partial charge is 0.307 e. The lowest BCUT2D eigenvalue weighted by molar-refractivity contribution is 0.629. The predicted molar refractivity (Wildman–Crippen MR) is 328 cm³/mol. The van der Waals surface area contributed by atoms with Gasteiger partial charge < -0.3 is 9.80 Å². The van der Waals surface area contributed by atoms with Crippen LogP contribution >= 0.6 is 0 Å². The van der Waals surface area contributed by atoms with Gasteiger partial charge in [-0.15, -0.1) is 0 Å². The summed E-state index contributed by atoms with van der Waals surface area (Å²) in [5, 5.41) is 6.53. The molecule has 79 heavy (non-hydrogen) atoms. The first-order chi connectivity index (χ1) is 38.8. The van der Waals surface area contributed by atoms with E-state index < -0.39 is 5.41 Å². The molecular weight excluding hydrogens is 967 g/mol. The summed E-state index contributed by atoms with van der Waals surface area (Å²) < 4.78 is 35.5. The third-order valence-corrected chi connectivity index (χ3v) is 16.1. The molecule has 0 amide bonds. The molecule has 0 unspecified atom stereocenters. The number of para-hydroxylation sites is 2. The maximum Gasteiger partial charge on any atom is 0.148 e. The van der Waals surface area contributed by atoms with E-state index in [1.165, 1.54) is 10.9 Å². The maximum absolute atomic E-state index is 17.9. The summed E-state index contributed by atoms with van der Waals surface area (Å²) >= 11 is 0. The minimum absolute atomic E-state index is 0.317. The number of nitrogens with zero attached hydrogens (tertiary/aromatic N) is 2. The minimum Gasteiger partial charge on any atom is -0.307 e. The quantitative estimate of drug-likeness (QED) is 0.126. The molecule has 2 nitrogen and oxygen atoms in total. The highest BCUT2D eigenvalue weighted by molar-refractivity contribution is 6.25. The van der Waals surface area contributed by atoms with Crippen LogP contribution in [0.1, 0.15) is 25.0 Å². The summed E-state index contributed by atoms with van der Waals surface area (Å²) in [4.78, 5) is 4.22. The molecule has 0 saturated heterocycles. The third kappa shape index (κ3) is 8.06. The lowest BCUT2D eigenvalue weighted by Crippen LogP contribution is -2.24. The Morgan fingerprint density at radius 1 is 0.278 bits per heavy atom. The molecule has 13 aromatic carbocycles. The van der Waals surface area contributed by atoms with Crippen LogP contribution < -0.4 is 9.80 Å². The SMILES string of the molecule is CC1(C)c2cc(N(c3ccccc3)c3c(F)cc(-c4ccccc4)cc3-c3ccccc3)ccc2-c2cc3c4ccccc4c(N(c4ccccc4)c4c(F)cc(-c5ccccc5)cc4-c4ccccc4)cc3c3cccc1c23. The molecule has 0 heterocycles. The Balaban J connectivity index is 0.993. The van der Waals surface area contributed by atoms with E-state index in [0.717, 1.165) is 111 Å². The van der Waals surface area contributed by atoms with E-state index in [-0.39, 0.29) is 11.6 Å². The van der Waals surface area contributed by atoms with Crippen LogP contribution in [0.5, 0.6) is 0 Å². The normalized spacial score (nSPS) is 12.4. The summed E-state index contributed by atoms with van der Waals surface area (Å²) in [7, 11) is 0. The molecule has 0 atom stereocenters. The zero-order chi connectivity index (χ0) is 53.2. The second kappa shape index (κ2) is 19.3. The molecule has 0 fully saturated rings. The number of rotatable bonds is 10. The van der Waals surface area contributed by atoms with E-state index in [4.69, 9.17) is 0 Å². The Labute approximate surface area is 459 Å². The van der Waals surface area contributed by atoms with Gasteiger partial charge >= 0.3 is 0 Å². The lowest BCUT2D eigenvalue weighted by Gasteiger charge is -2.37. The smallest absolute Gasteiger partial charge is 0.148 e. The van der Waals surface area contributed by atoms with Gasteiger partial charge in [-0.05, 0) is 155 Å². The predicted octanol–water partition coefficient (Wildman–Crippen LogP) is 21.3. The van der Waals surface area contributed by atoms with Crippen molar-refractivity contribution in [2.75, 3.05) is 9.80 Å². The van der Waals surface area contributed by atoms with Crippen LogP contribution in [-0.4, -0.2) is 0 Å². The highest BCUT2D eigenvalue weighted by atomic mass is 19.1. The van der Waals surface area contributed by atoms with Crippen molar-refractivity contribution in [3.63, 3.8) is 0 Å². The van der Waals surface area contributed by atoms with E-state index in [9.17, 15) is 0 Å². The number of anilines is 6. The molecule has 14 rings (SSSR count). The Morgan fingerprint density at radius 3 is 1.27 bits per heavy atom. The highest BCUT2D eigenvalue weighted by Gasteiger charge is 2.36. The Bertz CT molecular complexity index is 4450. The van der Waals surface area contributed by atoms with Crippen LogP contribution in [0.2, 0.25) is 0 Å². The van der Waals surface area contributed by atoms with Crippen molar-refractivity contribution < 1.29 is 8.78 Å². The zero-order valence-electron chi connectivity index (χ0n) is 43.7. The fourth-order valence-electron chi connectivity index (χ4n) is 12.4. The van der Waals surface area contributed by atoms with E-state index in [1.54, 1.807) is 12.1 Å². The van der Waals surface area contributed by atoms with E-state index in [1.807, 2.05) is 133 Å². The van der Waals surface area contributed by atoms with Gasteiger partial charge in [-0.2, -0.15) is 0 Å². The first-order valence-electron chi connectivity index (χ1n) is 27.0. The van der Waals surface area contributed by atoms with Gasteiger partial charge in [0.15, 0.2) is 0 Å². The molecule has 0 radical (unpaired) electrons. The summed E-state index contributed by atoms with van der Waals surface area (Å²) in [5.41, 5.74) is 15.4. The molecule has 0 spiro atoms. The van der Waals surface area contributed by atoms with Crippen LogP contribution in [0, 0.1) is 11.6 Å². The topological polar surface area (TPSA) is 6.48 Å². The summed E-state index contributed by atoms with van der Waals surface area (Å²) in [6, 6.07) is 94.9. The van der Waals surface area contributed by atoms with Crippen molar-refractivity contribution in [1.29, 1.82) is 0 Å². The van der Waals surface area contributed by atoms with Gasteiger partial charge in [0.2, 0.25) is 0 Å². The second-order valence-electron chi connectivity index (χ2n) is 21.1. The Hall–Kier alpha value is -9.90. The van der Waals surface area contributed by atoms with Crippen LogP contribution in [0.4, 0.5) is 42.9 Å². The van der Waals surface area contributed by atoms with Gasteiger partial charge in [-0.1, -0.05) is 220 Å². The van der Waals surface area contributed by atoms with Gasteiger partial charge in [-0.3, -0.25) is 0 Å². The van der Waals surface area contributed by atoms with Gasteiger partial charge in [0.25, 0.3) is 0 Å². The standard InChI is InChI=1S/C75H52F2N2/c1-75(2)67-39-23-38-61-65-48-71(79(56-34-19-8-20-35-56)74-63(52-30-15-6-16-31-52)43-54(45-70(74)77)50-26-11-4-12-27-50)60-37-22-21-36-58(60)64(65)47-66(72(61)67)59-41-40-57(46-68(59)75)78(55-32-17-7-18-33-55)73-62(51-28-13-5-14-29-51)42-53(44-69(73)76)49-24-9-3-10-25-49/h3-48H,1-2H3. The third-order valence-electron chi connectivity index (χ3n) is 16.1. The molecule has 0 aromatic heterocycles. The second-order valence-corrected chi connectivity index (χ2v) is 21.1. The van der Waals surface area contributed by atoms with E-state index in [0.29, 0.717) is 11.4 Å². The molecule has 0 saturated carbocycles. The number of benzene rings is 13. The summed E-state index contributed by atoms with van der Waals surface area (Å²) in [6.45, 7) is 4.62. The van der Waals surface area contributed by atoms with Gasteiger partial charge in [0.1, 0.15) is 11.6 Å². The van der Waals surface area contributed by atoms with E-state index >= 15 is 8.78 Å². The number of fused-ring (bicyclic) bond motifs is 6. The number of halogens is 2. The molecule has 0 N–H and O–H groups in total. The highest BCUT2D eigenvalue weighted by Crippen LogP contribution is 2.55. The van der Waals surface area contributed by atoms with Crippen LogP contribution in [0.3, 0.4) is 0 Å². The zero-order valence-corrected chi connectivity index (χ0v) is 43.7. The Morgan fingerprint density at radius 2 is 0.722 bits per heavy atom. The van der Waals surface area contributed by atoms with Crippen molar-refractivity contribution in [1.82, 2.24) is 0 Å². The minimum atomic E-state index is -0.490. The van der Waals surface area contributed by atoms with Crippen molar-refractivity contribution in [3.8, 4) is 55.6 Å². The van der Waals surface area contributed by atoms with E-state index in [2.05, 4.69) is 157 Å². The van der Waals surface area contributed by atoms with Crippen LogP contribution in [0.25, 0.3) is 88.0 Å². The average molecular weight is 1020 g/mol. The van der Waals surface area contributed by atoms with Crippen molar-refractivity contribution in [2.45, 2.75) is 19.3 Å². The lowest BCUT2D eigenvalue weighted by atomic mass is 9.68. The van der Waals surface area contributed by atoms with Crippen molar-refractivity contribution >= 4 is 66.4 Å². The maximum atomic E-state index is 17.9. The van der Waals surface area contributed by atoms with Crippen LogP contribution in [0.15, 0.2) is 279 Å². The average Bonchev–Trinajstić information content (AvgIpc) is 3.49. The number of hydrogen-bond donors (Lipinski definition) is 0. The first kappa shape index (κ1) is 47.5. The van der Waals surface area contributed by atoms with Crippen molar-refractivity contribution in [2.24, 2.45) is 0 Å². The van der Waals surface area contributed by atoms with Gasteiger partial charge in [0.05, 0.1) is 17.1 Å². The number of hydrogen-bond acceptors (Lipinski definition) is 2.